The second kappa shape index (κ2) is 23.3. The number of nitrogens with one attached hydrogen (secondary N) is 1. The number of hydrogen-bond acceptors (Lipinski definition) is 7. The molecule has 0 bridgehead atoms. The molecule has 244 valence electrons. The van der Waals surface area contributed by atoms with Crippen LogP contribution in [0.5, 0.6) is 5.88 Å². The molecule has 9 heteroatoms. The first-order valence-corrected chi connectivity index (χ1v) is 18.2. The summed E-state index contributed by atoms with van der Waals surface area (Å²) in [6.45, 7) is 4.85. The normalized spacial score (nSPS) is 16.8. The van der Waals surface area contributed by atoms with Gasteiger partial charge in [-0.25, -0.2) is 4.79 Å². The van der Waals surface area contributed by atoms with Crippen LogP contribution in [0.3, 0.4) is 0 Å². The number of aromatic nitrogens is 2. The number of carbonyl (C=O) groups excluding carboxylic acids is 1. The molecule has 2 aromatic rings. The number of nitrogens with zero attached hydrogens (tertiary/aromatic N) is 2. The Balaban J connectivity index is 1.16. The fraction of sp³-hybridized carbons (Fsp3) is 0.794. The van der Waals surface area contributed by atoms with Crippen molar-refractivity contribution < 1.29 is 28.1 Å². The molecule has 1 fully saturated rings. The van der Waals surface area contributed by atoms with Gasteiger partial charge in [-0.3, -0.25) is 0 Å². The van der Waals surface area contributed by atoms with Crippen molar-refractivity contribution in [3.63, 3.8) is 0 Å². The smallest absolute Gasteiger partial charge is 0.407 e. The largest absolute Gasteiger partial charge is 0.473 e. The molecule has 2 atom stereocenters. The summed E-state index contributed by atoms with van der Waals surface area (Å²) in [5, 5.41) is 9.05. The maximum absolute atomic E-state index is 12.4. The van der Waals surface area contributed by atoms with Gasteiger partial charge < -0.3 is 24.1 Å². The summed E-state index contributed by atoms with van der Waals surface area (Å²) >= 11 is 1.70. The van der Waals surface area contributed by atoms with Gasteiger partial charge in [-0.2, -0.15) is 4.57 Å². The number of ether oxygens (including phenoxy) is 3. The molecule has 1 aliphatic rings. The van der Waals surface area contributed by atoms with Gasteiger partial charge in [-0.15, -0.1) is 0 Å². The molecule has 1 N–H and O–H groups in total. The molecule has 0 radical (unpaired) electrons. The highest BCUT2D eigenvalue weighted by atomic mass is 32.1. The first-order chi connectivity index (χ1) is 21.2. The number of aryl methyl sites for hydroxylation is 2. The van der Waals surface area contributed by atoms with Crippen LogP contribution in [0.25, 0.3) is 0 Å². The van der Waals surface area contributed by atoms with Crippen LogP contribution in [0.1, 0.15) is 135 Å². The predicted octanol–water partition coefficient (Wildman–Crippen LogP) is 8.57. The Kier molecular flexibility index (Phi) is 19.1. The summed E-state index contributed by atoms with van der Waals surface area (Å²) in [6.07, 6.45) is 25.6. The van der Waals surface area contributed by atoms with Gasteiger partial charge in [0.25, 0.3) is 5.88 Å². The first-order valence-electron chi connectivity index (χ1n) is 17.3. The van der Waals surface area contributed by atoms with Crippen LogP contribution in [-0.4, -0.2) is 43.2 Å². The van der Waals surface area contributed by atoms with Crippen LogP contribution >= 0.6 is 11.3 Å². The zero-order valence-corrected chi connectivity index (χ0v) is 27.6. The molecule has 8 nitrogen and oxygen atoms in total. The lowest BCUT2D eigenvalue weighted by molar-refractivity contribution is -0.692. The fourth-order valence-corrected chi connectivity index (χ4v) is 6.23. The molecule has 2 aromatic heterocycles. The van der Waals surface area contributed by atoms with E-state index in [2.05, 4.69) is 39.1 Å². The monoisotopic (exact) mass is 620 g/mol. The molecule has 1 aliphatic heterocycles. The molecule has 1 amide bonds. The van der Waals surface area contributed by atoms with Crippen molar-refractivity contribution in [2.75, 3.05) is 19.8 Å². The van der Waals surface area contributed by atoms with Crippen LogP contribution in [-0.2, 0) is 22.4 Å². The number of alkyl carbamates (subject to hydrolysis) is 1. The van der Waals surface area contributed by atoms with Crippen LogP contribution in [0, 0.1) is 0 Å². The van der Waals surface area contributed by atoms with E-state index in [0.717, 1.165) is 57.3 Å². The third kappa shape index (κ3) is 16.5. The van der Waals surface area contributed by atoms with Crippen molar-refractivity contribution in [3.05, 3.63) is 28.9 Å². The van der Waals surface area contributed by atoms with Crippen LogP contribution in [0.15, 0.2) is 27.7 Å². The van der Waals surface area contributed by atoms with Gasteiger partial charge in [0.2, 0.25) is 5.51 Å². The van der Waals surface area contributed by atoms with E-state index >= 15 is 0 Å². The summed E-state index contributed by atoms with van der Waals surface area (Å²) < 4.78 is 25.1. The zero-order valence-electron chi connectivity index (χ0n) is 26.8. The molecule has 0 spiro atoms. The van der Waals surface area contributed by atoms with Crippen molar-refractivity contribution in [1.29, 1.82) is 0 Å². The van der Waals surface area contributed by atoms with Crippen molar-refractivity contribution in [2.45, 2.75) is 154 Å². The number of rotatable bonds is 25. The average Bonchev–Trinajstić information content (AvgIpc) is 3.71. The van der Waals surface area contributed by atoms with Gasteiger partial charge in [-0.05, 0) is 30.8 Å². The first kappa shape index (κ1) is 35.4. The number of amides is 1. The van der Waals surface area contributed by atoms with Crippen LogP contribution < -0.4 is 14.6 Å². The lowest BCUT2D eigenvalue weighted by atomic mass is 10.0. The Morgan fingerprint density at radius 3 is 2.35 bits per heavy atom. The van der Waals surface area contributed by atoms with Gasteiger partial charge in [-0.1, -0.05) is 108 Å². The summed E-state index contributed by atoms with van der Waals surface area (Å²) in [5.74, 6) is 1.27. The molecule has 0 saturated carbocycles. The van der Waals surface area contributed by atoms with E-state index in [1.807, 2.05) is 6.07 Å². The Hall–Kier alpha value is -2.13. The summed E-state index contributed by atoms with van der Waals surface area (Å²) in [4.78, 5) is 12.4. The molecular weight excluding hydrogens is 562 g/mol. The number of hydrogen-bond donors (Lipinski definition) is 1. The topological polar surface area (TPSA) is 86.7 Å². The van der Waals surface area contributed by atoms with Crippen molar-refractivity contribution in [3.8, 4) is 5.88 Å². The lowest BCUT2D eigenvalue weighted by Gasteiger charge is -2.30. The van der Waals surface area contributed by atoms with E-state index in [0.29, 0.717) is 19.0 Å². The maximum Gasteiger partial charge on any atom is 0.407 e. The molecule has 1 saturated heterocycles. The molecule has 0 aliphatic carbocycles. The summed E-state index contributed by atoms with van der Waals surface area (Å²) in [6, 6.07) is 1.85. The Morgan fingerprint density at radius 2 is 1.67 bits per heavy atom. The SMILES string of the molecule is CCCCCCCCCCCCCCCCCNC(=O)O[C@@H]1CCCO[C@H]1COc1cc(CCCC[n+]2ccsc2)on1. The molecule has 3 rings (SSSR count). The highest BCUT2D eigenvalue weighted by molar-refractivity contribution is 7.07. The predicted molar refractivity (Wildman–Crippen MR) is 172 cm³/mol. The molecular formula is C34H58N3O5S+. The maximum atomic E-state index is 12.4. The fourth-order valence-electron chi connectivity index (χ4n) is 5.60. The van der Waals surface area contributed by atoms with E-state index in [-0.39, 0.29) is 24.9 Å². The van der Waals surface area contributed by atoms with Crippen LogP contribution in [0.2, 0.25) is 0 Å². The average molecular weight is 621 g/mol. The molecule has 0 unspecified atom stereocenters. The number of thiazole rings is 1. The Morgan fingerprint density at radius 1 is 0.977 bits per heavy atom. The molecule has 43 heavy (non-hydrogen) atoms. The lowest BCUT2D eigenvalue weighted by Crippen LogP contribution is -2.43. The molecule has 0 aromatic carbocycles. The zero-order chi connectivity index (χ0) is 30.2. The number of unbranched alkanes of at least 4 members (excludes halogenated alkanes) is 15. The van der Waals surface area contributed by atoms with Crippen molar-refractivity contribution >= 4 is 17.4 Å². The Labute approximate surface area is 264 Å². The second-order valence-corrected chi connectivity index (χ2v) is 12.8. The highest BCUT2D eigenvalue weighted by Gasteiger charge is 2.30. The van der Waals surface area contributed by atoms with Gasteiger partial charge in [0.1, 0.15) is 31.1 Å². The van der Waals surface area contributed by atoms with Gasteiger partial charge in [0, 0.05) is 32.1 Å². The minimum absolute atomic E-state index is 0.276. The van der Waals surface area contributed by atoms with E-state index in [1.54, 1.807) is 11.3 Å². The molecule has 3 heterocycles. The minimum atomic E-state index is -0.366. The number of carbonyl (C=O) groups is 1. The van der Waals surface area contributed by atoms with Crippen molar-refractivity contribution in [2.24, 2.45) is 0 Å². The third-order valence-electron chi connectivity index (χ3n) is 8.24. The van der Waals surface area contributed by atoms with E-state index in [1.165, 1.54) is 83.5 Å². The van der Waals surface area contributed by atoms with E-state index < -0.39 is 0 Å². The second-order valence-electron chi connectivity index (χ2n) is 12.0. The quantitative estimate of drug-likeness (QED) is 0.0884. The standard InChI is InChI=1S/C34H57N3O5S/c1-2-3-4-5-6-7-8-9-10-11-12-13-14-15-17-22-35-34(38)41-31-21-19-25-39-32(31)28-40-33-27-30(42-36-33)20-16-18-23-37-24-26-43-29-37/h24,26-27,29,31-32H,2-23,25,28H2,1H3/p+1/t31-,32+/m1/s1. The van der Waals surface area contributed by atoms with E-state index in [4.69, 9.17) is 18.7 Å². The van der Waals surface area contributed by atoms with Gasteiger partial charge in [0.15, 0.2) is 6.20 Å². The highest BCUT2D eigenvalue weighted by Crippen LogP contribution is 2.20. The van der Waals surface area contributed by atoms with Crippen LogP contribution in [0.4, 0.5) is 4.79 Å². The van der Waals surface area contributed by atoms with Gasteiger partial charge in [0.05, 0.1) is 5.38 Å². The third-order valence-corrected chi connectivity index (χ3v) is 8.91. The summed E-state index contributed by atoms with van der Waals surface area (Å²) in [5.41, 5.74) is 2.12. The minimum Gasteiger partial charge on any atom is -0.473 e. The Bertz CT molecular complexity index is 938. The van der Waals surface area contributed by atoms with E-state index in [9.17, 15) is 4.79 Å². The van der Waals surface area contributed by atoms with Gasteiger partial charge >= 0.3 is 6.09 Å². The van der Waals surface area contributed by atoms with Crippen molar-refractivity contribution in [1.82, 2.24) is 10.5 Å². The summed E-state index contributed by atoms with van der Waals surface area (Å²) in [7, 11) is 0.